The standard InChI is InChI=1S/C18H21F3O2/c1-10-5-6-11-13(14(10)19)17(7-8-18(11,20)21)9-12(17)15(22)23-16(2,3)4/h5-6,12H,7-9H2,1-4H3. The lowest BCUT2D eigenvalue weighted by Crippen LogP contribution is -2.33. The van der Waals surface area contributed by atoms with E-state index in [4.69, 9.17) is 4.74 Å². The summed E-state index contributed by atoms with van der Waals surface area (Å²) in [6.45, 7) is 6.83. The Hall–Kier alpha value is -1.52. The molecule has 23 heavy (non-hydrogen) atoms. The van der Waals surface area contributed by atoms with E-state index in [0.717, 1.165) is 0 Å². The van der Waals surface area contributed by atoms with E-state index in [9.17, 15) is 18.0 Å². The molecule has 0 bridgehead atoms. The SMILES string of the molecule is Cc1ccc2c(c1F)C1(CCC2(F)F)CC1C(=O)OC(C)(C)C. The molecule has 1 aromatic rings. The normalized spacial score (nSPS) is 28.4. The molecule has 1 fully saturated rings. The van der Waals surface area contributed by atoms with Crippen LogP contribution < -0.4 is 0 Å². The van der Waals surface area contributed by atoms with Gasteiger partial charge in [-0.05, 0) is 46.1 Å². The first-order valence-electron chi connectivity index (χ1n) is 7.89. The second-order valence-corrected chi connectivity index (χ2v) is 7.77. The first kappa shape index (κ1) is 16.3. The van der Waals surface area contributed by atoms with Crippen molar-refractivity contribution in [2.75, 3.05) is 0 Å². The number of carbonyl (C=O) groups is 1. The largest absolute Gasteiger partial charge is 0.460 e. The van der Waals surface area contributed by atoms with E-state index >= 15 is 0 Å². The highest BCUT2D eigenvalue weighted by Gasteiger charge is 2.65. The Morgan fingerprint density at radius 1 is 1.26 bits per heavy atom. The van der Waals surface area contributed by atoms with Crippen molar-refractivity contribution in [2.24, 2.45) is 5.92 Å². The highest BCUT2D eigenvalue weighted by atomic mass is 19.3. The van der Waals surface area contributed by atoms with Gasteiger partial charge in [-0.3, -0.25) is 4.79 Å². The van der Waals surface area contributed by atoms with Crippen molar-refractivity contribution < 1.29 is 22.7 Å². The number of alkyl halides is 2. The van der Waals surface area contributed by atoms with Gasteiger partial charge in [-0.1, -0.05) is 12.1 Å². The molecule has 0 amide bonds. The van der Waals surface area contributed by atoms with Crippen LogP contribution in [0.3, 0.4) is 0 Å². The van der Waals surface area contributed by atoms with Gasteiger partial charge in [-0.2, -0.15) is 0 Å². The fourth-order valence-corrected chi connectivity index (χ4v) is 3.65. The van der Waals surface area contributed by atoms with Crippen LogP contribution in [0.15, 0.2) is 12.1 Å². The highest BCUT2D eigenvalue weighted by Crippen LogP contribution is 2.64. The van der Waals surface area contributed by atoms with Crippen molar-refractivity contribution >= 4 is 5.97 Å². The fraction of sp³-hybridized carbons (Fsp3) is 0.611. The van der Waals surface area contributed by atoms with Crippen molar-refractivity contribution in [3.8, 4) is 0 Å². The number of esters is 1. The van der Waals surface area contributed by atoms with E-state index in [1.807, 2.05) is 0 Å². The molecule has 0 aromatic heterocycles. The van der Waals surface area contributed by atoms with Crippen molar-refractivity contribution in [2.45, 2.75) is 63.9 Å². The van der Waals surface area contributed by atoms with Crippen LogP contribution in [0, 0.1) is 18.7 Å². The zero-order valence-corrected chi connectivity index (χ0v) is 13.8. The first-order chi connectivity index (χ1) is 10.5. The van der Waals surface area contributed by atoms with E-state index in [1.54, 1.807) is 27.7 Å². The number of benzene rings is 1. The molecular formula is C18H21F3O2. The van der Waals surface area contributed by atoms with Gasteiger partial charge in [0.25, 0.3) is 5.92 Å². The number of aryl methyl sites for hydroxylation is 1. The molecule has 2 unspecified atom stereocenters. The minimum Gasteiger partial charge on any atom is -0.460 e. The van der Waals surface area contributed by atoms with Gasteiger partial charge >= 0.3 is 5.97 Å². The third kappa shape index (κ3) is 2.54. The van der Waals surface area contributed by atoms with E-state index in [1.165, 1.54) is 12.1 Å². The lowest BCUT2D eigenvalue weighted by Gasteiger charge is -2.33. The summed E-state index contributed by atoms with van der Waals surface area (Å²) in [5.74, 6) is -4.61. The van der Waals surface area contributed by atoms with Crippen molar-refractivity contribution in [1.82, 2.24) is 0 Å². The maximum atomic E-state index is 14.7. The van der Waals surface area contributed by atoms with Gasteiger partial charge in [0.05, 0.1) is 5.92 Å². The Bertz CT molecular complexity index is 676. The second kappa shape index (κ2) is 4.74. The minimum absolute atomic E-state index is 0.0320. The van der Waals surface area contributed by atoms with Crippen molar-refractivity contribution in [3.63, 3.8) is 0 Å². The number of hydrogen-bond acceptors (Lipinski definition) is 2. The van der Waals surface area contributed by atoms with Crippen LogP contribution in [0.2, 0.25) is 0 Å². The average molecular weight is 326 g/mol. The Labute approximate surface area is 134 Å². The molecule has 1 spiro atoms. The summed E-state index contributed by atoms with van der Waals surface area (Å²) in [6, 6.07) is 2.69. The Morgan fingerprint density at radius 2 is 1.91 bits per heavy atom. The molecule has 2 atom stereocenters. The van der Waals surface area contributed by atoms with Crippen molar-refractivity contribution in [3.05, 3.63) is 34.6 Å². The van der Waals surface area contributed by atoms with E-state index in [0.29, 0.717) is 12.0 Å². The Morgan fingerprint density at radius 3 is 2.52 bits per heavy atom. The third-order valence-electron chi connectivity index (χ3n) is 4.88. The zero-order valence-electron chi connectivity index (χ0n) is 13.8. The number of fused-ring (bicyclic) bond motifs is 2. The number of hydrogen-bond donors (Lipinski definition) is 0. The molecule has 2 nitrogen and oxygen atoms in total. The van der Waals surface area contributed by atoms with Gasteiger partial charge in [-0.15, -0.1) is 0 Å². The Balaban J connectivity index is 2.02. The molecule has 0 aliphatic heterocycles. The summed E-state index contributed by atoms with van der Waals surface area (Å²) in [6.07, 6.45) is 0.129. The molecule has 126 valence electrons. The molecular weight excluding hydrogens is 305 g/mol. The molecule has 3 rings (SSSR count). The number of ether oxygens (including phenoxy) is 1. The summed E-state index contributed by atoms with van der Waals surface area (Å²) in [7, 11) is 0. The fourth-order valence-electron chi connectivity index (χ4n) is 3.65. The average Bonchev–Trinajstić information content (AvgIpc) is 3.12. The first-order valence-corrected chi connectivity index (χ1v) is 7.89. The summed E-state index contributed by atoms with van der Waals surface area (Å²) < 4.78 is 48.4. The van der Waals surface area contributed by atoms with Gasteiger partial charge in [0.2, 0.25) is 0 Å². The summed E-state index contributed by atoms with van der Waals surface area (Å²) in [4.78, 5) is 12.3. The molecule has 1 saturated carbocycles. The molecule has 0 radical (unpaired) electrons. The number of rotatable bonds is 1. The van der Waals surface area contributed by atoms with Crippen molar-refractivity contribution in [1.29, 1.82) is 0 Å². The summed E-state index contributed by atoms with van der Waals surface area (Å²) in [5.41, 5.74) is -1.37. The summed E-state index contributed by atoms with van der Waals surface area (Å²) in [5, 5.41) is 0. The molecule has 1 aromatic carbocycles. The van der Waals surface area contributed by atoms with Gasteiger partial charge in [0.15, 0.2) is 0 Å². The molecule has 2 aliphatic carbocycles. The van der Waals surface area contributed by atoms with Crippen LogP contribution in [-0.4, -0.2) is 11.6 Å². The highest BCUT2D eigenvalue weighted by molar-refractivity contribution is 5.80. The predicted octanol–water partition coefficient (Wildman–Crippen LogP) is 4.62. The minimum atomic E-state index is -3.05. The lowest BCUT2D eigenvalue weighted by molar-refractivity contribution is -0.157. The lowest BCUT2D eigenvalue weighted by atomic mass is 9.75. The van der Waals surface area contributed by atoms with Gasteiger partial charge in [0, 0.05) is 23.0 Å². The zero-order chi connectivity index (χ0) is 17.2. The smallest absolute Gasteiger partial charge is 0.310 e. The number of halogens is 3. The topological polar surface area (TPSA) is 26.3 Å². The van der Waals surface area contributed by atoms with Gasteiger partial charge in [-0.25, -0.2) is 13.2 Å². The molecule has 2 aliphatic rings. The van der Waals surface area contributed by atoms with Crippen LogP contribution in [0.5, 0.6) is 0 Å². The Kier molecular flexibility index (Phi) is 3.37. The predicted molar refractivity (Wildman–Crippen MR) is 79.9 cm³/mol. The maximum absolute atomic E-state index is 14.7. The monoisotopic (exact) mass is 326 g/mol. The van der Waals surface area contributed by atoms with Crippen LogP contribution in [0.1, 0.15) is 56.7 Å². The van der Waals surface area contributed by atoms with Gasteiger partial charge < -0.3 is 4.74 Å². The van der Waals surface area contributed by atoms with E-state index < -0.39 is 34.6 Å². The van der Waals surface area contributed by atoms with Crippen LogP contribution in [0.25, 0.3) is 0 Å². The van der Waals surface area contributed by atoms with E-state index in [2.05, 4.69) is 0 Å². The quantitative estimate of drug-likeness (QED) is 0.704. The molecule has 0 saturated heterocycles. The molecule has 0 heterocycles. The van der Waals surface area contributed by atoms with E-state index in [-0.39, 0.29) is 24.0 Å². The van der Waals surface area contributed by atoms with Crippen LogP contribution >= 0.6 is 0 Å². The number of carbonyl (C=O) groups excluding carboxylic acids is 1. The molecule has 5 heteroatoms. The third-order valence-corrected chi connectivity index (χ3v) is 4.88. The van der Waals surface area contributed by atoms with Crippen LogP contribution in [0.4, 0.5) is 13.2 Å². The molecule has 0 N–H and O–H groups in total. The summed E-state index contributed by atoms with van der Waals surface area (Å²) >= 11 is 0. The second-order valence-electron chi connectivity index (χ2n) is 7.77. The van der Waals surface area contributed by atoms with Crippen LogP contribution in [-0.2, 0) is 20.9 Å². The van der Waals surface area contributed by atoms with Gasteiger partial charge in [0.1, 0.15) is 11.4 Å². The maximum Gasteiger partial charge on any atom is 0.310 e.